The first-order valence-corrected chi connectivity index (χ1v) is 7.88. The SMILES string of the molecule is COC(=O)CCN(C(=O)CCl)C1CCS(=O)(=O)C1. The maximum absolute atomic E-state index is 11.7. The number of ether oxygens (including phenoxy) is 1. The molecule has 0 saturated carbocycles. The van der Waals surface area contributed by atoms with Crippen LogP contribution in [-0.4, -0.2) is 62.3 Å². The smallest absolute Gasteiger partial charge is 0.307 e. The third kappa shape index (κ3) is 4.13. The van der Waals surface area contributed by atoms with Gasteiger partial charge in [0.05, 0.1) is 25.0 Å². The molecule has 0 bridgehead atoms. The van der Waals surface area contributed by atoms with Crippen molar-refractivity contribution < 1.29 is 22.7 Å². The van der Waals surface area contributed by atoms with Crippen molar-refractivity contribution in [2.75, 3.05) is 31.0 Å². The van der Waals surface area contributed by atoms with Crippen molar-refractivity contribution in [3.63, 3.8) is 0 Å². The van der Waals surface area contributed by atoms with E-state index in [1.54, 1.807) is 0 Å². The van der Waals surface area contributed by atoms with Gasteiger partial charge in [0.25, 0.3) is 0 Å². The Morgan fingerprint density at radius 1 is 1.44 bits per heavy atom. The highest BCUT2D eigenvalue weighted by Gasteiger charge is 2.34. The molecular formula is C10H16ClNO5S. The molecular weight excluding hydrogens is 282 g/mol. The monoisotopic (exact) mass is 297 g/mol. The molecule has 18 heavy (non-hydrogen) atoms. The van der Waals surface area contributed by atoms with Crippen LogP contribution in [-0.2, 0) is 24.2 Å². The van der Waals surface area contributed by atoms with Crippen molar-refractivity contribution in [1.29, 1.82) is 0 Å². The van der Waals surface area contributed by atoms with E-state index in [1.807, 2.05) is 0 Å². The zero-order valence-electron chi connectivity index (χ0n) is 10.1. The van der Waals surface area contributed by atoms with E-state index in [9.17, 15) is 18.0 Å². The first-order valence-electron chi connectivity index (χ1n) is 5.52. The predicted molar refractivity (Wildman–Crippen MR) is 66.1 cm³/mol. The molecule has 1 amide bonds. The Bertz CT molecular complexity index is 422. The summed E-state index contributed by atoms with van der Waals surface area (Å²) in [5, 5.41) is 0. The molecule has 1 rings (SSSR count). The van der Waals surface area contributed by atoms with Gasteiger partial charge in [-0.25, -0.2) is 8.42 Å². The Balaban J connectivity index is 2.67. The first-order chi connectivity index (χ1) is 8.39. The highest BCUT2D eigenvalue weighted by atomic mass is 35.5. The number of methoxy groups -OCH3 is 1. The first kappa shape index (κ1) is 15.2. The number of nitrogens with zero attached hydrogens (tertiary/aromatic N) is 1. The van der Waals surface area contributed by atoms with Crippen LogP contribution >= 0.6 is 11.6 Å². The van der Waals surface area contributed by atoms with Crippen LogP contribution in [0.25, 0.3) is 0 Å². The van der Waals surface area contributed by atoms with E-state index in [0.717, 1.165) is 0 Å². The molecule has 0 aromatic rings. The van der Waals surface area contributed by atoms with Crippen molar-refractivity contribution in [2.45, 2.75) is 18.9 Å². The normalized spacial score (nSPS) is 21.6. The summed E-state index contributed by atoms with van der Waals surface area (Å²) in [5.41, 5.74) is 0. The molecule has 6 nitrogen and oxygen atoms in total. The highest BCUT2D eigenvalue weighted by molar-refractivity contribution is 7.91. The fourth-order valence-electron chi connectivity index (χ4n) is 1.92. The number of carbonyl (C=O) groups is 2. The van der Waals surface area contributed by atoms with E-state index in [1.165, 1.54) is 12.0 Å². The lowest BCUT2D eigenvalue weighted by molar-refractivity contribution is -0.141. The summed E-state index contributed by atoms with van der Waals surface area (Å²) in [4.78, 5) is 24.1. The van der Waals surface area contributed by atoms with Crippen LogP contribution in [0.5, 0.6) is 0 Å². The highest BCUT2D eigenvalue weighted by Crippen LogP contribution is 2.18. The summed E-state index contributed by atoms with van der Waals surface area (Å²) in [7, 11) is -1.82. The number of sulfone groups is 1. The van der Waals surface area contributed by atoms with Gasteiger partial charge in [-0.15, -0.1) is 11.6 Å². The van der Waals surface area contributed by atoms with Crippen molar-refractivity contribution in [3.8, 4) is 0 Å². The van der Waals surface area contributed by atoms with Crippen LogP contribution in [0.15, 0.2) is 0 Å². The second-order valence-corrected chi connectivity index (χ2v) is 6.60. The zero-order chi connectivity index (χ0) is 13.8. The summed E-state index contributed by atoms with van der Waals surface area (Å²) < 4.78 is 27.3. The lowest BCUT2D eigenvalue weighted by Crippen LogP contribution is -2.43. The number of carbonyl (C=O) groups excluding carboxylic acids is 2. The van der Waals surface area contributed by atoms with Gasteiger partial charge in [0.15, 0.2) is 9.84 Å². The second kappa shape index (κ2) is 6.38. The number of rotatable bonds is 5. The van der Waals surface area contributed by atoms with Crippen LogP contribution in [0.2, 0.25) is 0 Å². The zero-order valence-corrected chi connectivity index (χ0v) is 11.7. The van der Waals surface area contributed by atoms with Gasteiger partial charge in [0.2, 0.25) is 5.91 Å². The van der Waals surface area contributed by atoms with Gasteiger partial charge in [-0.05, 0) is 6.42 Å². The van der Waals surface area contributed by atoms with Gasteiger partial charge in [0, 0.05) is 12.6 Å². The van der Waals surface area contributed by atoms with Crippen molar-refractivity contribution in [2.24, 2.45) is 0 Å². The average molecular weight is 298 g/mol. The summed E-state index contributed by atoms with van der Waals surface area (Å²) >= 11 is 5.49. The number of hydrogen-bond donors (Lipinski definition) is 0. The lowest BCUT2D eigenvalue weighted by Gasteiger charge is -2.27. The van der Waals surface area contributed by atoms with Crippen LogP contribution in [0, 0.1) is 0 Å². The molecule has 1 fully saturated rings. The fraction of sp³-hybridized carbons (Fsp3) is 0.800. The molecule has 1 unspecified atom stereocenters. The molecule has 0 aliphatic carbocycles. The fourth-order valence-corrected chi connectivity index (χ4v) is 3.81. The Labute approximate surface area is 111 Å². The third-order valence-electron chi connectivity index (χ3n) is 2.87. The van der Waals surface area contributed by atoms with Crippen LogP contribution in [0.4, 0.5) is 0 Å². The van der Waals surface area contributed by atoms with E-state index in [2.05, 4.69) is 4.74 Å². The van der Waals surface area contributed by atoms with Gasteiger partial charge in [-0.2, -0.15) is 0 Å². The molecule has 1 aliphatic rings. The minimum absolute atomic E-state index is 0.0374. The summed E-state index contributed by atoms with van der Waals surface area (Å²) in [5.74, 6) is -1.01. The van der Waals surface area contributed by atoms with Crippen molar-refractivity contribution in [3.05, 3.63) is 0 Å². The minimum atomic E-state index is -3.08. The van der Waals surface area contributed by atoms with E-state index in [0.29, 0.717) is 6.42 Å². The minimum Gasteiger partial charge on any atom is -0.469 e. The van der Waals surface area contributed by atoms with Gasteiger partial charge < -0.3 is 9.64 Å². The molecule has 1 atom stereocenters. The number of amides is 1. The van der Waals surface area contributed by atoms with Gasteiger partial charge >= 0.3 is 5.97 Å². The summed E-state index contributed by atoms with van der Waals surface area (Å²) in [6.45, 7) is 0.137. The summed E-state index contributed by atoms with van der Waals surface area (Å²) in [6, 6.07) is -0.383. The number of hydrogen-bond acceptors (Lipinski definition) is 5. The third-order valence-corrected chi connectivity index (χ3v) is 4.85. The van der Waals surface area contributed by atoms with E-state index >= 15 is 0 Å². The molecule has 0 N–H and O–H groups in total. The molecule has 1 aliphatic heterocycles. The quantitative estimate of drug-likeness (QED) is 0.519. The number of alkyl halides is 1. The molecule has 104 valence electrons. The second-order valence-electron chi connectivity index (χ2n) is 4.10. The van der Waals surface area contributed by atoms with Gasteiger partial charge in [-0.3, -0.25) is 9.59 Å². The Morgan fingerprint density at radius 3 is 2.56 bits per heavy atom. The molecule has 0 aromatic carbocycles. The molecule has 8 heteroatoms. The van der Waals surface area contributed by atoms with Gasteiger partial charge in [-0.1, -0.05) is 0 Å². The Kier molecular flexibility index (Phi) is 5.40. The average Bonchev–Trinajstić information content (AvgIpc) is 2.69. The van der Waals surface area contributed by atoms with Crippen molar-refractivity contribution in [1.82, 2.24) is 4.90 Å². The molecule has 0 spiro atoms. The summed E-state index contributed by atoms with van der Waals surface area (Å²) in [6.07, 6.45) is 0.432. The number of esters is 1. The molecule has 1 saturated heterocycles. The maximum Gasteiger partial charge on any atom is 0.307 e. The molecule has 0 aromatic heterocycles. The van der Waals surface area contributed by atoms with Crippen LogP contribution in [0.1, 0.15) is 12.8 Å². The predicted octanol–water partition coefficient (Wildman–Crippen LogP) is -0.196. The molecule has 0 radical (unpaired) electrons. The lowest BCUT2D eigenvalue weighted by atomic mass is 10.2. The Morgan fingerprint density at radius 2 is 2.11 bits per heavy atom. The largest absolute Gasteiger partial charge is 0.469 e. The van der Waals surface area contributed by atoms with Crippen LogP contribution in [0.3, 0.4) is 0 Å². The standard InChI is InChI=1S/C10H16ClNO5S/c1-17-10(14)2-4-12(9(13)6-11)8-3-5-18(15,16)7-8/h8H,2-7H2,1H3. The Hall–Kier alpha value is -0.820. The van der Waals surface area contributed by atoms with E-state index in [-0.39, 0.29) is 42.3 Å². The number of halogens is 1. The van der Waals surface area contributed by atoms with Crippen LogP contribution < -0.4 is 0 Å². The molecule has 1 heterocycles. The van der Waals surface area contributed by atoms with E-state index in [4.69, 9.17) is 11.6 Å². The van der Waals surface area contributed by atoms with Crippen molar-refractivity contribution >= 4 is 33.3 Å². The van der Waals surface area contributed by atoms with Gasteiger partial charge in [0.1, 0.15) is 5.88 Å². The maximum atomic E-state index is 11.7. The topological polar surface area (TPSA) is 80.8 Å². The van der Waals surface area contributed by atoms with E-state index < -0.39 is 15.8 Å².